The van der Waals surface area contributed by atoms with Crippen molar-refractivity contribution in [3.8, 4) is 11.3 Å². The van der Waals surface area contributed by atoms with Gasteiger partial charge in [0.2, 0.25) is 0 Å². The van der Waals surface area contributed by atoms with E-state index in [4.69, 9.17) is 5.73 Å². The third-order valence-electron chi connectivity index (χ3n) is 4.27. The van der Waals surface area contributed by atoms with Crippen LogP contribution in [0.2, 0.25) is 0 Å². The number of amides is 2. The molecule has 1 aliphatic rings. The first-order valence-corrected chi connectivity index (χ1v) is 8.09. The number of fused-ring (bicyclic) bond motifs is 1. The quantitative estimate of drug-likeness (QED) is 0.742. The molecule has 3 N–H and O–H groups in total. The van der Waals surface area contributed by atoms with E-state index in [-0.39, 0.29) is 17.7 Å². The highest BCUT2D eigenvalue weighted by Crippen LogP contribution is 2.25. The Kier molecular flexibility index (Phi) is 3.80. The van der Waals surface area contributed by atoms with Gasteiger partial charge in [-0.2, -0.15) is 5.10 Å². The molecule has 0 bridgehead atoms. The van der Waals surface area contributed by atoms with E-state index in [9.17, 15) is 9.18 Å². The first kappa shape index (κ1) is 16.1. The Morgan fingerprint density at radius 1 is 1.19 bits per heavy atom. The maximum absolute atomic E-state index is 13.1. The van der Waals surface area contributed by atoms with Crippen LogP contribution in [0.4, 0.5) is 20.7 Å². The Morgan fingerprint density at radius 3 is 2.69 bits per heavy atom. The molecular weight excluding hydrogens is 335 g/mol. The first-order valence-electron chi connectivity index (χ1n) is 8.09. The number of pyridine rings is 1. The molecule has 0 fully saturated rings. The lowest BCUT2D eigenvalue weighted by molar-refractivity contribution is 0.211. The number of nitrogens with one attached hydrogen (secondary N) is 1. The van der Waals surface area contributed by atoms with Crippen molar-refractivity contribution >= 4 is 17.5 Å². The summed E-state index contributed by atoms with van der Waals surface area (Å²) in [6.45, 7) is 0.937. The standard InChI is InChI=1S/C18H17FN6O/c1-24-8-12-9-25(10-16(12)23-24)18(26)22-17-14(20)6-7-15(21-17)11-2-4-13(19)5-3-11/h2-8H,9-10,20H2,1H3,(H,21,22,26). The summed E-state index contributed by atoms with van der Waals surface area (Å²) >= 11 is 0. The number of hydrogen-bond donors (Lipinski definition) is 2. The van der Waals surface area contributed by atoms with Gasteiger partial charge in [-0.05, 0) is 36.4 Å². The predicted octanol–water partition coefficient (Wildman–Crippen LogP) is 2.75. The van der Waals surface area contributed by atoms with Gasteiger partial charge in [-0.1, -0.05) is 0 Å². The largest absolute Gasteiger partial charge is 0.396 e. The van der Waals surface area contributed by atoms with E-state index in [1.54, 1.807) is 33.8 Å². The minimum atomic E-state index is -0.319. The van der Waals surface area contributed by atoms with Crippen LogP contribution in [0.1, 0.15) is 11.3 Å². The molecule has 8 heteroatoms. The minimum Gasteiger partial charge on any atom is -0.396 e. The van der Waals surface area contributed by atoms with Gasteiger partial charge < -0.3 is 10.6 Å². The zero-order valence-electron chi connectivity index (χ0n) is 14.1. The monoisotopic (exact) mass is 352 g/mol. The molecule has 0 spiro atoms. The normalized spacial score (nSPS) is 12.9. The molecule has 26 heavy (non-hydrogen) atoms. The molecule has 0 radical (unpaired) electrons. The van der Waals surface area contributed by atoms with Crippen molar-refractivity contribution in [3.63, 3.8) is 0 Å². The van der Waals surface area contributed by atoms with E-state index in [2.05, 4.69) is 15.4 Å². The summed E-state index contributed by atoms with van der Waals surface area (Å²) in [5, 5.41) is 7.09. The highest BCUT2D eigenvalue weighted by Gasteiger charge is 2.26. The van der Waals surface area contributed by atoms with Gasteiger partial charge in [0, 0.05) is 24.4 Å². The molecule has 2 aromatic heterocycles. The third kappa shape index (κ3) is 2.97. The highest BCUT2D eigenvalue weighted by atomic mass is 19.1. The van der Waals surface area contributed by atoms with Crippen LogP contribution in [0, 0.1) is 5.82 Å². The van der Waals surface area contributed by atoms with Crippen LogP contribution in [0.15, 0.2) is 42.6 Å². The fraction of sp³-hybridized carbons (Fsp3) is 0.167. The Bertz CT molecular complexity index is 958. The molecule has 132 valence electrons. The number of hydrogen-bond acceptors (Lipinski definition) is 4. The van der Waals surface area contributed by atoms with Crippen LogP contribution in [-0.4, -0.2) is 25.7 Å². The number of nitrogen functional groups attached to an aromatic ring is 1. The summed E-state index contributed by atoms with van der Waals surface area (Å²) in [4.78, 5) is 18.6. The first-order chi connectivity index (χ1) is 12.5. The van der Waals surface area contributed by atoms with Crippen LogP contribution < -0.4 is 11.1 Å². The summed E-state index contributed by atoms with van der Waals surface area (Å²) < 4.78 is 14.8. The molecule has 7 nitrogen and oxygen atoms in total. The zero-order chi connectivity index (χ0) is 18.3. The fourth-order valence-corrected chi connectivity index (χ4v) is 2.97. The summed E-state index contributed by atoms with van der Waals surface area (Å²) in [6, 6.07) is 9.08. The Labute approximate surface area is 149 Å². The lowest BCUT2D eigenvalue weighted by Crippen LogP contribution is -2.31. The van der Waals surface area contributed by atoms with Crippen molar-refractivity contribution in [3.05, 3.63) is 59.7 Å². The van der Waals surface area contributed by atoms with Gasteiger partial charge in [0.05, 0.1) is 30.2 Å². The van der Waals surface area contributed by atoms with Gasteiger partial charge in [-0.15, -0.1) is 0 Å². The zero-order valence-corrected chi connectivity index (χ0v) is 14.1. The van der Waals surface area contributed by atoms with Crippen molar-refractivity contribution in [2.24, 2.45) is 7.05 Å². The van der Waals surface area contributed by atoms with E-state index in [0.29, 0.717) is 24.5 Å². The number of carbonyl (C=O) groups excluding carboxylic acids is 1. The van der Waals surface area contributed by atoms with Crippen LogP contribution >= 0.6 is 0 Å². The number of halogens is 1. The number of aromatic nitrogens is 3. The maximum Gasteiger partial charge on any atom is 0.323 e. The maximum atomic E-state index is 13.1. The van der Waals surface area contributed by atoms with E-state index < -0.39 is 0 Å². The van der Waals surface area contributed by atoms with Crippen LogP contribution in [-0.2, 0) is 20.1 Å². The number of nitrogens with two attached hydrogens (primary N) is 1. The molecular formula is C18H17FN6O. The number of nitrogens with zero attached hydrogens (tertiary/aromatic N) is 4. The van der Waals surface area contributed by atoms with Crippen molar-refractivity contribution < 1.29 is 9.18 Å². The summed E-state index contributed by atoms with van der Waals surface area (Å²) in [5.41, 5.74) is 9.57. The Hall–Kier alpha value is -3.42. The molecule has 3 aromatic rings. The van der Waals surface area contributed by atoms with Gasteiger partial charge >= 0.3 is 6.03 Å². The van der Waals surface area contributed by atoms with Crippen LogP contribution in [0.5, 0.6) is 0 Å². The van der Waals surface area contributed by atoms with E-state index in [1.165, 1.54) is 12.1 Å². The third-order valence-corrected chi connectivity index (χ3v) is 4.27. The number of aryl methyl sites for hydroxylation is 1. The summed E-state index contributed by atoms with van der Waals surface area (Å²) in [5.74, 6) is -0.0397. The number of rotatable bonds is 2. The van der Waals surface area contributed by atoms with Crippen molar-refractivity contribution in [1.29, 1.82) is 0 Å². The number of carbonyl (C=O) groups is 1. The second-order valence-corrected chi connectivity index (χ2v) is 6.20. The van der Waals surface area contributed by atoms with Gasteiger partial charge in [0.25, 0.3) is 0 Å². The lowest BCUT2D eigenvalue weighted by atomic mass is 10.1. The summed E-state index contributed by atoms with van der Waals surface area (Å²) in [6.07, 6.45) is 1.91. The second-order valence-electron chi connectivity index (χ2n) is 6.20. The van der Waals surface area contributed by atoms with Gasteiger partial charge in [-0.3, -0.25) is 10.00 Å². The SMILES string of the molecule is Cn1cc2c(n1)CN(C(=O)Nc1nc(-c3ccc(F)cc3)ccc1N)C2. The van der Waals surface area contributed by atoms with Crippen LogP contribution in [0.25, 0.3) is 11.3 Å². The van der Waals surface area contributed by atoms with Gasteiger partial charge in [0.15, 0.2) is 5.82 Å². The predicted molar refractivity (Wildman–Crippen MR) is 95.5 cm³/mol. The summed E-state index contributed by atoms with van der Waals surface area (Å²) in [7, 11) is 1.86. The molecule has 0 saturated heterocycles. The minimum absolute atomic E-state index is 0.280. The average Bonchev–Trinajstić information content (AvgIpc) is 3.15. The molecule has 1 aliphatic heterocycles. The number of anilines is 2. The molecule has 2 amide bonds. The molecule has 3 heterocycles. The highest BCUT2D eigenvalue weighted by molar-refractivity contribution is 5.92. The molecule has 4 rings (SSSR count). The molecule has 0 unspecified atom stereocenters. The second kappa shape index (κ2) is 6.14. The molecule has 0 aliphatic carbocycles. The average molecular weight is 352 g/mol. The van der Waals surface area contributed by atoms with E-state index in [0.717, 1.165) is 16.8 Å². The van der Waals surface area contributed by atoms with Gasteiger partial charge in [0.1, 0.15) is 5.82 Å². The van der Waals surface area contributed by atoms with E-state index >= 15 is 0 Å². The topological polar surface area (TPSA) is 89.1 Å². The molecule has 0 saturated carbocycles. The molecule has 1 aromatic carbocycles. The number of benzene rings is 1. The molecule has 0 atom stereocenters. The Morgan fingerprint density at radius 2 is 1.96 bits per heavy atom. The van der Waals surface area contributed by atoms with Gasteiger partial charge in [-0.25, -0.2) is 14.2 Å². The van der Waals surface area contributed by atoms with Crippen molar-refractivity contribution in [2.45, 2.75) is 13.1 Å². The fourth-order valence-electron chi connectivity index (χ4n) is 2.97. The van der Waals surface area contributed by atoms with E-state index in [1.807, 2.05) is 13.2 Å². The lowest BCUT2D eigenvalue weighted by Gasteiger charge is -2.17. The number of urea groups is 1. The van der Waals surface area contributed by atoms with Crippen molar-refractivity contribution in [1.82, 2.24) is 19.7 Å². The smallest absolute Gasteiger partial charge is 0.323 e. The van der Waals surface area contributed by atoms with Crippen molar-refractivity contribution in [2.75, 3.05) is 11.1 Å². The Balaban J connectivity index is 1.52. The van der Waals surface area contributed by atoms with Crippen LogP contribution in [0.3, 0.4) is 0 Å².